The molecule has 1 heterocycles. The zero-order chi connectivity index (χ0) is 15.7. The first-order valence-electron chi connectivity index (χ1n) is 6.45. The van der Waals surface area contributed by atoms with Gasteiger partial charge < -0.3 is 14.8 Å². The van der Waals surface area contributed by atoms with Crippen LogP contribution in [0.15, 0.2) is 47.3 Å². The van der Waals surface area contributed by atoms with Crippen molar-refractivity contribution in [1.29, 1.82) is 0 Å². The molecular weight excluding hydrogens is 292 g/mol. The van der Waals surface area contributed by atoms with E-state index in [1.54, 1.807) is 12.1 Å². The van der Waals surface area contributed by atoms with Crippen LogP contribution in [0.4, 0.5) is 8.78 Å². The summed E-state index contributed by atoms with van der Waals surface area (Å²) in [6, 6.07) is 9.56. The summed E-state index contributed by atoms with van der Waals surface area (Å²) in [4.78, 5) is 15.1. The molecular formula is C16H11F2NO3. The summed E-state index contributed by atoms with van der Waals surface area (Å²) < 4.78 is 32.1. The molecule has 0 saturated heterocycles. The van der Waals surface area contributed by atoms with Gasteiger partial charge in [0.1, 0.15) is 5.75 Å². The number of rotatable bonds is 3. The Balaban J connectivity index is 2.19. The van der Waals surface area contributed by atoms with Gasteiger partial charge >= 0.3 is 0 Å². The van der Waals surface area contributed by atoms with E-state index >= 15 is 0 Å². The third-order valence-corrected chi connectivity index (χ3v) is 3.27. The number of aliphatic hydroxyl groups is 1. The van der Waals surface area contributed by atoms with Gasteiger partial charge in [-0.2, -0.15) is 0 Å². The van der Waals surface area contributed by atoms with Crippen LogP contribution in [0, 0.1) is 11.6 Å². The zero-order valence-corrected chi connectivity index (χ0v) is 11.3. The molecule has 0 amide bonds. The van der Waals surface area contributed by atoms with Crippen molar-refractivity contribution in [1.82, 2.24) is 4.98 Å². The highest BCUT2D eigenvalue weighted by Gasteiger charge is 2.12. The van der Waals surface area contributed by atoms with Gasteiger partial charge in [0.2, 0.25) is 0 Å². The standard InChI is InChI=1S/C16H11F2NO3/c17-12-3-1-2-10(16(12)18)14-7-15(21)11-6-9(22-8-20)4-5-13(11)19-14/h1-7,20H,8H2,(H,19,21). The Morgan fingerprint density at radius 1 is 1.14 bits per heavy atom. The molecule has 2 N–H and O–H groups in total. The van der Waals surface area contributed by atoms with Gasteiger partial charge in [-0.05, 0) is 30.3 Å². The number of halogens is 2. The second-order valence-electron chi connectivity index (χ2n) is 4.63. The fourth-order valence-corrected chi connectivity index (χ4v) is 2.25. The molecule has 0 unspecified atom stereocenters. The Morgan fingerprint density at radius 2 is 1.95 bits per heavy atom. The Hall–Kier alpha value is -2.73. The van der Waals surface area contributed by atoms with E-state index in [4.69, 9.17) is 9.84 Å². The number of aliphatic hydroxyl groups excluding tert-OH is 1. The Bertz CT molecular complexity index is 906. The molecule has 3 aromatic rings. The number of hydrogen-bond donors (Lipinski definition) is 2. The van der Waals surface area contributed by atoms with Gasteiger partial charge in [0, 0.05) is 22.5 Å². The predicted molar refractivity (Wildman–Crippen MR) is 77.6 cm³/mol. The van der Waals surface area contributed by atoms with E-state index in [9.17, 15) is 13.6 Å². The lowest BCUT2D eigenvalue weighted by atomic mass is 10.1. The van der Waals surface area contributed by atoms with Crippen molar-refractivity contribution in [2.45, 2.75) is 0 Å². The largest absolute Gasteiger partial charge is 0.468 e. The van der Waals surface area contributed by atoms with E-state index in [2.05, 4.69) is 4.98 Å². The molecule has 4 nitrogen and oxygen atoms in total. The average molecular weight is 303 g/mol. The van der Waals surface area contributed by atoms with Gasteiger partial charge in [-0.15, -0.1) is 0 Å². The van der Waals surface area contributed by atoms with Crippen LogP contribution in [-0.4, -0.2) is 16.9 Å². The normalized spacial score (nSPS) is 10.9. The molecule has 0 aliphatic rings. The molecule has 2 aromatic carbocycles. The lowest BCUT2D eigenvalue weighted by molar-refractivity contribution is 0.0987. The third-order valence-electron chi connectivity index (χ3n) is 3.27. The van der Waals surface area contributed by atoms with Crippen LogP contribution in [0.5, 0.6) is 5.75 Å². The second kappa shape index (κ2) is 5.57. The van der Waals surface area contributed by atoms with E-state index < -0.39 is 18.4 Å². The van der Waals surface area contributed by atoms with Crippen LogP contribution >= 0.6 is 0 Å². The van der Waals surface area contributed by atoms with Crippen LogP contribution in [0.3, 0.4) is 0 Å². The van der Waals surface area contributed by atoms with Crippen molar-refractivity contribution < 1.29 is 18.6 Å². The number of fused-ring (bicyclic) bond motifs is 1. The molecule has 1 aromatic heterocycles. The molecule has 112 valence electrons. The number of ether oxygens (including phenoxy) is 1. The van der Waals surface area contributed by atoms with Crippen molar-refractivity contribution in [3.8, 4) is 17.0 Å². The molecule has 0 aliphatic carbocycles. The predicted octanol–water partition coefficient (Wildman–Crippen LogP) is 2.80. The summed E-state index contributed by atoms with van der Waals surface area (Å²) in [5.74, 6) is -1.66. The molecule has 22 heavy (non-hydrogen) atoms. The molecule has 0 bridgehead atoms. The van der Waals surface area contributed by atoms with Crippen LogP contribution in [0.25, 0.3) is 22.2 Å². The summed E-state index contributed by atoms with van der Waals surface area (Å²) in [6.07, 6.45) is 0. The minimum absolute atomic E-state index is 0.0188. The Morgan fingerprint density at radius 3 is 2.73 bits per heavy atom. The van der Waals surface area contributed by atoms with Gasteiger partial charge in [0.15, 0.2) is 23.9 Å². The van der Waals surface area contributed by atoms with Crippen LogP contribution in [-0.2, 0) is 0 Å². The van der Waals surface area contributed by atoms with Crippen LogP contribution in [0.2, 0.25) is 0 Å². The molecule has 0 spiro atoms. The Labute approximate surface area is 123 Å². The summed E-state index contributed by atoms with van der Waals surface area (Å²) >= 11 is 0. The Kier molecular flexibility index (Phi) is 3.60. The highest BCUT2D eigenvalue weighted by molar-refractivity contribution is 5.82. The summed E-state index contributed by atoms with van der Waals surface area (Å²) in [5.41, 5.74) is 0.257. The van der Waals surface area contributed by atoms with Crippen molar-refractivity contribution in [2.24, 2.45) is 0 Å². The first-order chi connectivity index (χ1) is 10.6. The molecule has 3 rings (SSSR count). The fourth-order valence-electron chi connectivity index (χ4n) is 2.25. The smallest absolute Gasteiger partial charge is 0.190 e. The lowest BCUT2D eigenvalue weighted by Crippen LogP contribution is -2.05. The van der Waals surface area contributed by atoms with Gasteiger partial charge in [-0.1, -0.05) is 6.07 Å². The van der Waals surface area contributed by atoms with E-state index in [1.165, 1.54) is 24.3 Å². The topological polar surface area (TPSA) is 62.3 Å². The molecule has 0 fully saturated rings. The molecule has 0 saturated carbocycles. The number of pyridine rings is 1. The third kappa shape index (κ3) is 2.44. The van der Waals surface area contributed by atoms with Crippen molar-refractivity contribution in [2.75, 3.05) is 6.79 Å². The number of benzene rings is 2. The van der Waals surface area contributed by atoms with Gasteiger partial charge in [0.05, 0.1) is 5.69 Å². The minimum atomic E-state index is -1.02. The van der Waals surface area contributed by atoms with Crippen molar-refractivity contribution in [3.05, 3.63) is 64.3 Å². The first-order valence-corrected chi connectivity index (χ1v) is 6.45. The maximum absolute atomic E-state index is 13.8. The number of H-pyrrole nitrogens is 1. The zero-order valence-electron chi connectivity index (χ0n) is 11.3. The molecule has 0 atom stereocenters. The highest BCUT2D eigenvalue weighted by Crippen LogP contribution is 2.24. The maximum atomic E-state index is 13.8. The fraction of sp³-hybridized carbons (Fsp3) is 0.0625. The van der Waals surface area contributed by atoms with Crippen molar-refractivity contribution in [3.63, 3.8) is 0 Å². The summed E-state index contributed by atoms with van der Waals surface area (Å²) in [6.45, 7) is -0.504. The number of aromatic amines is 1. The molecule has 0 aliphatic heterocycles. The summed E-state index contributed by atoms with van der Waals surface area (Å²) in [5, 5.41) is 9.05. The van der Waals surface area contributed by atoms with Gasteiger partial charge in [-0.3, -0.25) is 4.79 Å². The average Bonchev–Trinajstić information content (AvgIpc) is 2.51. The van der Waals surface area contributed by atoms with E-state index in [1.807, 2.05) is 0 Å². The highest BCUT2D eigenvalue weighted by atomic mass is 19.2. The van der Waals surface area contributed by atoms with Gasteiger partial charge in [-0.25, -0.2) is 8.78 Å². The summed E-state index contributed by atoms with van der Waals surface area (Å²) in [7, 11) is 0. The van der Waals surface area contributed by atoms with Crippen LogP contribution in [0.1, 0.15) is 0 Å². The van der Waals surface area contributed by atoms with Crippen molar-refractivity contribution >= 4 is 10.9 Å². The SMILES string of the molecule is O=c1cc(-c2cccc(F)c2F)[nH]c2ccc(OCO)cc12. The van der Waals surface area contributed by atoms with E-state index in [0.29, 0.717) is 16.7 Å². The second-order valence-corrected chi connectivity index (χ2v) is 4.63. The monoisotopic (exact) mass is 303 g/mol. The number of nitrogens with one attached hydrogen (secondary N) is 1. The van der Waals surface area contributed by atoms with E-state index in [-0.39, 0.29) is 16.7 Å². The quantitative estimate of drug-likeness (QED) is 0.731. The minimum Gasteiger partial charge on any atom is -0.468 e. The lowest BCUT2D eigenvalue weighted by Gasteiger charge is -2.08. The van der Waals surface area contributed by atoms with Crippen LogP contribution < -0.4 is 10.2 Å². The number of aromatic nitrogens is 1. The number of hydrogen-bond acceptors (Lipinski definition) is 3. The van der Waals surface area contributed by atoms with E-state index in [0.717, 1.165) is 6.07 Å². The van der Waals surface area contributed by atoms with Gasteiger partial charge in [0.25, 0.3) is 0 Å². The maximum Gasteiger partial charge on any atom is 0.190 e. The first kappa shape index (κ1) is 14.2. The molecule has 6 heteroatoms. The molecule has 0 radical (unpaired) electrons.